The Bertz CT molecular complexity index is 967. The molecule has 176 valence electrons. The molecule has 2 N–H and O–H groups in total. The number of ether oxygens (including phenoxy) is 1. The lowest BCUT2D eigenvalue weighted by molar-refractivity contribution is -0.118. The summed E-state index contributed by atoms with van der Waals surface area (Å²) in [4.78, 5) is 23.4. The molecule has 1 amide bonds. The standard InChI is InChI=1S/C26H33N3O3S/c1-16(30)23-14-28-25(15-27-23)29-26(31)22(12-17-8-10-32-11-9-17)19-4-7-24(33-20-5-6-20)21(13-19)18-2-3-18/h4,7,13-18,20,22,30H,2-3,5-6,8-12H2,1H3,(H,28,29,31)/t16?,22-/m1/s1. The molecular weight excluding hydrogens is 434 g/mol. The van der Waals surface area contributed by atoms with Crippen molar-refractivity contribution in [2.45, 2.75) is 80.0 Å². The van der Waals surface area contributed by atoms with Gasteiger partial charge in [0.05, 0.1) is 30.1 Å². The number of anilines is 1. The molecule has 33 heavy (non-hydrogen) atoms. The maximum atomic E-state index is 13.5. The van der Waals surface area contributed by atoms with Crippen LogP contribution in [0, 0.1) is 5.92 Å². The third-order valence-electron chi connectivity index (χ3n) is 6.85. The first-order valence-electron chi connectivity index (χ1n) is 12.3. The molecule has 3 aliphatic rings. The van der Waals surface area contributed by atoms with Gasteiger partial charge in [-0.1, -0.05) is 12.1 Å². The highest BCUT2D eigenvalue weighted by atomic mass is 32.2. The number of carbonyl (C=O) groups is 1. The summed E-state index contributed by atoms with van der Waals surface area (Å²) < 4.78 is 5.55. The molecule has 1 aliphatic heterocycles. The van der Waals surface area contributed by atoms with Crippen LogP contribution in [0.5, 0.6) is 0 Å². The van der Waals surface area contributed by atoms with Crippen LogP contribution in [0.25, 0.3) is 0 Å². The highest BCUT2D eigenvalue weighted by molar-refractivity contribution is 8.00. The van der Waals surface area contributed by atoms with E-state index in [0.29, 0.717) is 23.3 Å². The first-order valence-corrected chi connectivity index (χ1v) is 13.1. The van der Waals surface area contributed by atoms with E-state index in [1.54, 1.807) is 6.92 Å². The van der Waals surface area contributed by atoms with Gasteiger partial charge in [0, 0.05) is 23.4 Å². The Kier molecular flexibility index (Phi) is 6.99. The molecule has 1 aromatic carbocycles. The number of hydrogen-bond acceptors (Lipinski definition) is 6. The Morgan fingerprint density at radius 1 is 1.15 bits per heavy atom. The normalized spacial score (nSPS) is 20.9. The number of nitrogens with one attached hydrogen (secondary N) is 1. The van der Waals surface area contributed by atoms with Crippen molar-refractivity contribution in [3.63, 3.8) is 0 Å². The van der Waals surface area contributed by atoms with Crippen molar-refractivity contribution in [1.29, 1.82) is 0 Å². The van der Waals surface area contributed by atoms with Crippen LogP contribution in [0.2, 0.25) is 0 Å². The number of thioether (sulfide) groups is 1. The van der Waals surface area contributed by atoms with E-state index in [1.807, 2.05) is 11.8 Å². The number of benzene rings is 1. The van der Waals surface area contributed by atoms with Gasteiger partial charge in [-0.3, -0.25) is 9.78 Å². The number of nitrogens with zero attached hydrogens (tertiary/aromatic N) is 2. The number of hydrogen-bond donors (Lipinski definition) is 2. The van der Waals surface area contributed by atoms with Gasteiger partial charge in [0.25, 0.3) is 0 Å². The van der Waals surface area contributed by atoms with Crippen LogP contribution in [0.15, 0.2) is 35.5 Å². The zero-order chi connectivity index (χ0) is 22.8. The second-order valence-corrected chi connectivity index (χ2v) is 11.1. The molecular formula is C26H33N3O3S. The van der Waals surface area contributed by atoms with Crippen LogP contribution in [0.3, 0.4) is 0 Å². The summed E-state index contributed by atoms with van der Waals surface area (Å²) in [6, 6.07) is 6.74. The molecule has 3 fully saturated rings. The van der Waals surface area contributed by atoms with Crippen molar-refractivity contribution >= 4 is 23.5 Å². The van der Waals surface area contributed by atoms with Gasteiger partial charge in [0.15, 0.2) is 5.82 Å². The third-order valence-corrected chi connectivity index (χ3v) is 8.28. The maximum Gasteiger partial charge on any atom is 0.233 e. The molecule has 6 nitrogen and oxygen atoms in total. The number of amides is 1. The predicted molar refractivity (Wildman–Crippen MR) is 129 cm³/mol. The van der Waals surface area contributed by atoms with Crippen molar-refractivity contribution < 1.29 is 14.6 Å². The van der Waals surface area contributed by atoms with Crippen LogP contribution < -0.4 is 5.32 Å². The monoisotopic (exact) mass is 467 g/mol. The molecule has 0 spiro atoms. The molecule has 2 saturated carbocycles. The highest BCUT2D eigenvalue weighted by Gasteiger charge is 2.32. The highest BCUT2D eigenvalue weighted by Crippen LogP contribution is 2.49. The third kappa shape index (κ3) is 5.94. The fourth-order valence-corrected chi connectivity index (χ4v) is 5.75. The molecule has 1 saturated heterocycles. The zero-order valence-electron chi connectivity index (χ0n) is 19.2. The number of carbonyl (C=O) groups excluding carboxylic acids is 1. The van der Waals surface area contributed by atoms with Crippen molar-refractivity contribution in [3.05, 3.63) is 47.4 Å². The minimum absolute atomic E-state index is 0.0371. The predicted octanol–water partition coefficient (Wildman–Crippen LogP) is 5.20. The van der Waals surface area contributed by atoms with Gasteiger partial charge in [0.1, 0.15) is 0 Å². The summed E-state index contributed by atoms with van der Waals surface area (Å²) in [7, 11) is 0. The summed E-state index contributed by atoms with van der Waals surface area (Å²) in [5, 5.41) is 13.4. The van der Waals surface area contributed by atoms with Gasteiger partial charge in [0.2, 0.25) is 5.91 Å². The van der Waals surface area contributed by atoms with E-state index in [-0.39, 0.29) is 11.8 Å². The number of aromatic nitrogens is 2. The van der Waals surface area contributed by atoms with Crippen LogP contribution in [-0.4, -0.2) is 39.4 Å². The molecule has 0 radical (unpaired) electrons. The van der Waals surface area contributed by atoms with E-state index in [9.17, 15) is 9.90 Å². The van der Waals surface area contributed by atoms with Crippen molar-refractivity contribution in [2.24, 2.45) is 5.92 Å². The lowest BCUT2D eigenvalue weighted by atomic mass is 9.83. The quantitative estimate of drug-likeness (QED) is 0.527. The average Bonchev–Trinajstić information content (AvgIpc) is 3.74. The smallest absolute Gasteiger partial charge is 0.233 e. The fourth-order valence-electron chi connectivity index (χ4n) is 4.51. The van der Waals surface area contributed by atoms with Crippen LogP contribution in [0.4, 0.5) is 5.82 Å². The van der Waals surface area contributed by atoms with Gasteiger partial charge >= 0.3 is 0 Å². The van der Waals surface area contributed by atoms with Gasteiger partial charge in [-0.15, -0.1) is 11.8 Å². The lowest BCUT2D eigenvalue weighted by Crippen LogP contribution is -2.26. The van der Waals surface area contributed by atoms with Crippen LogP contribution >= 0.6 is 11.8 Å². The summed E-state index contributed by atoms with van der Waals surface area (Å²) in [6.45, 7) is 3.19. The maximum absolute atomic E-state index is 13.5. The summed E-state index contributed by atoms with van der Waals surface area (Å²) in [5.74, 6) is 1.28. The van der Waals surface area contributed by atoms with Crippen molar-refractivity contribution in [2.75, 3.05) is 18.5 Å². The minimum Gasteiger partial charge on any atom is -0.387 e. The van der Waals surface area contributed by atoms with Gasteiger partial charge < -0.3 is 15.2 Å². The van der Waals surface area contributed by atoms with E-state index in [1.165, 1.54) is 48.5 Å². The zero-order valence-corrected chi connectivity index (χ0v) is 20.0. The van der Waals surface area contributed by atoms with Gasteiger partial charge in [-0.05, 0) is 80.9 Å². The molecule has 2 aliphatic carbocycles. The Morgan fingerprint density at radius 2 is 1.94 bits per heavy atom. The number of rotatable bonds is 9. The summed E-state index contributed by atoms with van der Waals surface area (Å²) >= 11 is 2.02. The largest absolute Gasteiger partial charge is 0.387 e. The van der Waals surface area contributed by atoms with E-state index in [4.69, 9.17) is 4.74 Å². The SMILES string of the molecule is CC(O)c1cnc(NC(=O)[C@H](CC2CCOCC2)c2ccc(SC3CC3)c(C3CC3)c2)cn1. The van der Waals surface area contributed by atoms with Crippen LogP contribution in [-0.2, 0) is 9.53 Å². The number of aliphatic hydroxyl groups is 1. The van der Waals surface area contributed by atoms with E-state index in [0.717, 1.165) is 43.3 Å². The molecule has 1 unspecified atom stereocenters. The van der Waals surface area contributed by atoms with E-state index < -0.39 is 6.10 Å². The van der Waals surface area contributed by atoms with Gasteiger partial charge in [-0.2, -0.15) is 0 Å². The second-order valence-electron chi connectivity index (χ2n) is 9.72. The Balaban J connectivity index is 1.38. The Hall–Kier alpha value is -1.96. The summed E-state index contributed by atoms with van der Waals surface area (Å²) in [5.41, 5.74) is 3.04. The molecule has 7 heteroatoms. The van der Waals surface area contributed by atoms with Crippen molar-refractivity contribution in [3.8, 4) is 0 Å². The van der Waals surface area contributed by atoms with E-state index >= 15 is 0 Å². The Morgan fingerprint density at radius 3 is 2.58 bits per heavy atom. The number of aliphatic hydroxyl groups excluding tert-OH is 1. The van der Waals surface area contributed by atoms with Crippen LogP contribution in [0.1, 0.15) is 86.6 Å². The average molecular weight is 468 g/mol. The molecule has 2 aromatic rings. The second kappa shape index (κ2) is 10.1. The first-order chi connectivity index (χ1) is 16.1. The Labute approximate surface area is 199 Å². The molecule has 2 atom stereocenters. The molecule has 2 heterocycles. The summed E-state index contributed by atoms with van der Waals surface area (Å²) in [6.07, 6.45) is 10.3. The van der Waals surface area contributed by atoms with Crippen molar-refractivity contribution in [1.82, 2.24) is 9.97 Å². The molecule has 1 aromatic heterocycles. The molecule has 5 rings (SSSR count). The fraction of sp³-hybridized carbons (Fsp3) is 0.577. The lowest BCUT2D eigenvalue weighted by Gasteiger charge is -2.27. The topological polar surface area (TPSA) is 84.3 Å². The minimum atomic E-state index is -0.684. The van der Waals surface area contributed by atoms with E-state index in [2.05, 4.69) is 33.5 Å². The molecule has 0 bridgehead atoms. The first kappa shape index (κ1) is 22.8. The van der Waals surface area contributed by atoms with Gasteiger partial charge in [-0.25, -0.2) is 4.98 Å².